The Hall–Kier alpha value is -1.89. The molecule has 2 heterocycles. The maximum Gasteiger partial charge on any atom is 0.264 e. The summed E-state index contributed by atoms with van der Waals surface area (Å²) in [5, 5.41) is 2.00. The molecule has 2 aliphatic rings. The SMILES string of the molecule is [2H]C1(CON2C(C)(C)CCCC2(C)C)Cc2ccccc2N1S(=O)(=O)c1ccc(C)cc1. The summed E-state index contributed by atoms with van der Waals surface area (Å²) in [6.45, 7) is 10.5. The molecule has 2 aromatic rings. The standard InChI is InChI=1S/C25H34N2O3S/c1-19-11-13-22(14-12-19)31(28,29)26-21(17-20-9-6-7-10-23(20)26)18-30-27-24(2,3)15-8-16-25(27,4)5/h6-7,9-14,21H,8,15-18H2,1-5H3/i21D. The Labute approximate surface area is 188 Å². The highest BCUT2D eigenvalue weighted by molar-refractivity contribution is 7.92. The lowest BCUT2D eigenvalue weighted by molar-refractivity contribution is -0.282. The summed E-state index contributed by atoms with van der Waals surface area (Å²) in [6.07, 6.45) is 3.38. The maximum atomic E-state index is 13.8. The first-order chi connectivity index (χ1) is 14.9. The minimum Gasteiger partial charge on any atom is -0.296 e. The molecule has 0 saturated carbocycles. The number of para-hydroxylation sites is 1. The van der Waals surface area contributed by atoms with Crippen molar-refractivity contribution in [2.45, 2.75) is 82.3 Å². The van der Waals surface area contributed by atoms with Gasteiger partial charge in [-0.2, -0.15) is 5.06 Å². The van der Waals surface area contributed by atoms with Crippen LogP contribution in [0.15, 0.2) is 53.4 Å². The molecule has 5 nitrogen and oxygen atoms in total. The van der Waals surface area contributed by atoms with Gasteiger partial charge >= 0.3 is 0 Å². The molecule has 0 radical (unpaired) electrons. The Morgan fingerprint density at radius 2 is 1.65 bits per heavy atom. The number of benzene rings is 2. The van der Waals surface area contributed by atoms with Crippen LogP contribution in [-0.4, -0.2) is 37.2 Å². The fraction of sp³-hybridized carbons (Fsp3) is 0.520. The number of hydrogen-bond donors (Lipinski definition) is 0. The molecule has 6 heteroatoms. The summed E-state index contributed by atoms with van der Waals surface area (Å²) in [7, 11) is -3.94. The Balaban J connectivity index is 1.71. The second-order valence-corrected chi connectivity index (χ2v) is 11.8. The van der Waals surface area contributed by atoms with E-state index in [1.54, 1.807) is 30.3 Å². The molecule has 4 rings (SSSR count). The fourth-order valence-corrected chi connectivity index (χ4v) is 6.59. The largest absolute Gasteiger partial charge is 0.296 e. The number of rotatable bonds is 5. The third-order valence-corrected chi connectivity index (χ3v) is 8.29. The van der Waals surface area contributed by atoms with Gasteiger partial charge in [-0.1, -0.05) is 35.9 Å². The average molecular weight is 444 g/mol. The molecule has 31 heavy (non-hydrogen) atoms. The van der Waals surface area contributed by atoms with Gasteiger partial charge in [0.15, 0.2) is 0 Å². The Kier molecular flexibility index (Phi) is 5.35. The molecule has 2 aromatic carbocycles. The lowest BCUT2D eigenvalue weighted by Gasteiger charge is -2.51. The van der Waals surface area contributed by atoms with E-state index < -0.39 is 16.0 Å². The van der Waals surface area contributed by atoms with Crippen LogP contribution in [0.3, 0.4) is 0 Å². The van der Waals surface area contributed by atoms with E-state index >= 15 is 0 Å². The van der Waals surface area contributed by atoms with E-state index in [0.717, 1.165) is 30.4 Å². The van der Waals surface area contributed by atoms with Crippen molar-refractivity contribution in [3.05, 3.63) is 59.7 Å². The Bertz CT molecular complexity index is 1080. The van der Waals surface area contributed by atoms with Crippen molar-refractivity contribution >= 4 is 15.7 Å². The number of nitrogens with zero attached hydrogens (tertiary/aromatic N) is 2. The van der Waals surface area contributed by atoms with Gasteiger partial charge in [0.25, 0.3) is 10.0 Å². The quantitative estimate of drug-likeness (QED) is 0.646. The van der Waals surface area contributed by atoms with Crippen LogP contribution < -0.4 is 4.31 Å². The molecule has 168 valence electrons. The third kappa shape index (κ3) is 4.13. The molecule has 0 spiro atoms. The Morgan fingerprint density at radius 1 is 1.03 bits per heavy atom. The topological polar surface area (TPSA) is 49.9 Å². The number of sulfonamides is 1. The monoisotopic (exact) mass is 443 g/mol. The van der Waals surface area contributed by atoms with Crippen molar-refractivity contribution in [1.29, 1.82) is 0 Å². The lowest BCUT2D eigenvalue weighted by atomic mass is 9.82. The van der Waals surface area contributed by atoms with Gasteiger partial charge in [0.05, 0.1) is 24.6 Å². The van der Waals surface area contributed by atoms with E-state index in [-0.39, 0.29) is 29.0 Å². The molecular formula is C25H34N2O3S. The second-order valence-electron chi connectivity index (χ2n) is 10.0. The molecule has 0 bridgehead atoms. The molecule has 1 unspecified atom stereocenters. The van der Waals surface area contributed by atoms with Crippen molar-refractivity contribution in [3.8, 4) is 0 Å². The maximum absolute atomic E-state index is 13.8. The molecule has 1 saturated heterocycles. The zero-order valence-electron chi connectivity index (χ0n) is 20.2. The summed E-state index contributed by atoms with van der Waals surface area (Å²) in [4.78, 5) is 6.54. The highest BCUT2D eigenvalue weighted by Gasteiger charge is 2.44. The van der Waals surface area contributed by atoms with Crippen molar-refractivity contribution in [1.82, 2.24) is 5.06 Å². The van der Waals surface area contributed by atoms with Crippen molar-refractivity contribution in [2.75, 3.05) is 10.9 Å². The van der Waals surface area contributed by atoms with Gasteiger partial charge in [0.2, 0.25) is 0 Å². The zero-order chi connectivity index (χ0) is 23.4. The minimum absolute atomic E-state index is 0.0420. The van der Waals surface area contributed by atoms with Crippen LogP contribution in [-0.2, 0) is 21.3 Å². The Morgan fingerprint density at radius 3 is 2.29 bits per heavy atom. The van der Waals surface area contributed by atoms with Gasteiger partial charge in [-0.15, -0.1) is 0 Å². The molecule has 0 amide bonds. The van der Waals surface area contributed by atoms with Gasteiger partial charge in [0.1, 0.15) is 0 Å². The predicted molar refractivity (Wildman–Crippen MR) is 125 cm³/mol. The van der Waals surface area contributed by atoms with E-state index in [9.17, 15) is 9.79 Å². The van der Waals surface area contributed by atoms with E-state index in [4.69, 9.17) is 4.84 Å². The van der Waals surface area contributed by atoms with Crippen molar-refractivity contribution in [2.24, 2.45) is 0 Å². The van der Waals surface area contributed by atoms with Crippen LogP contribution in [0.25, 0.3) is 0 Å². The van der Waals surface area contributed by atoms with Gasteiger partial charge < -0.3 is 0 Å². The second kappa shape index (κ2) is 7.91. The van der Waals surface area contributed by atoms with Crippen molar-refractivity contribution < 1.29 is 14.6 Å². The molecule has 2 aliphatic heterocycles. The molecule has 1 fully saturated rings. The van der Waals surface area contributed by atoms with Crippen molar-refractivity contribution in [3.63, 3.8) is 0 Å². The first kappa shape index (κ1) is 21.0. The summed E-state index contributed by atoms with van der Waals surface area (Å²) in [5.74, 6) is 0. The summed E-state index contributed by atoms with van der Waals surface area (Å²) in [5.41, 5.74) is 2.01. The predicted octanol–water partition coefficient (Wildman–Crippen LogP) is 5.09. The molecule has 0 aromatic heterocycles. The summed E-state index contributed by atoms with van der Waals surface area (Å²) >= 11 is 0. The van der Waals surface area contributed by atoms with Gasteiger partial charge in [0, 0.05) is 11.1 Å². The highest BCUT2D eigenvalue weighted by Crippen LogP contribution is 2.40. The first-order valence-electron chi connectivity index (χ1n) is 11.5. The van der Waals surface area contributed by atoms with E-state index in [1.165, 1.54) is 4.31 Å². The van der Waals surface area contributed by atoms with Crippen LogP contribution in [0.2, 0.25) is 0 Å². The van der Waals surface area contributed by atoms with Crippen LogP contribution >= 0.6 is 0 Å². The number of anilines is 1. The normalized spacial score (nSPS) is 25.8. The highest BCUT2D eigenvalue weighted by atomic mass is 32.2. The minimum atomic E-state index is -3.94. The van der Waals surface area contributed by atoms with Gasteiger partial charge in [-0.05, 0) is 84.1 Å². The number of aryl methyl sites for hydroxylation is 1. The van der Waals surface area contributed by atoms with E-state index in [2.05, 4.69) is 27.7 Å². The number of hydroxylamine groups is 2. The summed E-state index contributed by atoms with van der Waals surface area (Å²) in [6, 6.07) is 12.7. The fourth-order valence-electron chi connectivity index (χ4n) is 5.01. The summed E-state index contributed by atoms with van der Waals surface area (Å²) < 4.78 is 38.1. The van der Waals surface area contributed by atoms with E-state index in [1.807, 2.05) is 30.2 Å². The molecular weight excluding hydrogens is 408 g/mol. The van der Waals surface area contributed by atoms with Gasteiger partial charge in [-0.3, -0.25) is 9.14 Å². The number of fused-ring (bicyclic) bond motifs is 1. The molecule has 1 atom stereocenters. The third-order valence-electron chi connectivity index (χ3n) is 6.49. The molecule has 0 aliphatic carbocycles. The van der Waals surface area contributed by atoms with Crippen LogP contribution in [0.1, 0.15) is 59.5 Å². The smallest absolute Gasteiger partial charge is 0.264 e. The first-order valence-corrected chi connectivity index (χ1v) is 12.4. The molecule has 0 N–H and O–H groups in total. The zero-order valence-corrected chi connectivity index (χ0v) is 20.0. The number of piperidine rings is 1. The number of hydrogen-bond acceptors (Lipinski definition) is 4. The van der Waals surface area contributed by atoms with Gasteiger partial charge in [-0.25, -0.2) is 8.42 Å². The van der Waals surface area contributed by atoms with Crippen LogP contribution in [0.4, 0.5) is 5.69 Å². The average Bonchev–Trinajstić information content (AvgIpc) is 2.99. The van der Waals surface area contributed by atoms with E-state index in [0.29, 0.717) is 5.69 Å². The van der Waals surface area contributed by atoms with Crippen LogP contribution in [0, 0.1) is 6.92 Å². The van der Waals surface area contributed by atoms with Crippen LogP contribution in [0.5, 0.6) is 0 Å². The lowest BCUT2D eigenvalue weighted by Crippen LogP contribution is -2.59.